The van der Waals surface area contributed by atoms with Gasteiger partial charge in [-0.25, -0.2) is 4.98 Å². The van der Waals surface area contributed by atoms with Gasteiger partial charge in [-0.05, 0) is 6.92 Å². The van der Waals surface area contributed by atoms with E-state index < -0.39 is 0 Å². The maximum Gasteiger partial charge on any atom is 0.241 e. The predicted octanol–water partition coefficient (Wildman–Crippen LogP) is 2.73. The van der Waals surface area contributed by atoms with Gasteiger partial charge in [0.1, 0.15) is 18.0 Å². The highest BCUT2D eigenvalue weighted by Crippen LogP contribution is 2.28. The molecule has 1 aliphatic rings. The number of hydrogen-bond acceptors (Lipinski definition) is 4. The number of aryl methyl sites for hydroxylation is 1. The molecule has 1 saturated heterocycles. The minimum absolute atomic E-state index is 0.457. The second kappa shape index (κ2) is 7.15. The first-order valence-corrected chi connectivity index (χ1v) is 9.18. The fourth-order valence-electron chi connectivity index (χ4n) is 3.46. The number of piperazine rings is 1. The largest absolute Gasteiger partial charge is 0.306 e. The number of halogens is 1. The Hall–Kier alpha value is -2.28. The van der Waals surface area contributed by atoms with Crippen LogP contribution in [0.1, 0.15) is 11.1 Å². The van der Waals surface area contributed by atoms with Gasteiger partial charge in [0.25, 0.3) is 0 Å². The van der Waals surface area contributed by atoms with Crippen LogP contribution in [-0.4, -0.2) is 45.7 Å². The number of nitrogens with zero attached hydrogens (tertiary/aromatic N) is 5. The second-order valence-electron chi connectivity index (χ2n) is 6.80. The molecule has 6 nitrogen and oxygen atoms in total. The molecule has 7 heteroatoms. The minimum Gasteiger partial charge on any atom is -0.306 e. The smallest absolute Gasteiger partial charge is 0.241 e. The van der Waals surface area contributed by atoms with Crippen molar-refractivity contribution in [1.29, 1.82) is 0 Å². The molecule has 0 saturated carbocycles. The molecule has 1 N–H and O–H groups in total. The van der Waals surface area contributed by atoms with Gasteiger partial charge in [0, 0.05) is 31.0 Å². The van der Waals surface area contributed by atoms with Crippen LogP contribution in [0, 0.1) is 6.92 Å². The van der Waals surface area contributed by atoms with E-state index in [4.69, 9.17) is 16.6 Å². The van der Waals surface area contributed by atoms with Crippen LogP contribution in [0.3, 0.4) is 0 Å². The zero-order valence-corrected chi connectivity index (χ0v) is 15.5. The molecule has 1 aliphatic heterocycles. The Morgan fingerprint density at radius 1 is 1.15 bits per heavy atom. The first kappa shape index (κ1) is 17.1. The molecule has 0 spiro atoms. The van der Waals surface area contributed by atoms with Gasteiger partial charge in [-0.15, -0.1) is 0 Å². The van der Waals surface area contributed by atoms with E-state index in [1.807, 2.05) is 12.3 Å². The van der Waals surface area contributed by atoms with Gasteiger partial charge in [-0.1, -0.05) is 41.4 Å². The Labute approximate surface area is 158 Å². The summed E-state index contributed by atoms with van der Waals surface area (Å²) in [4.78, 5) is 13.3. The molecule has 2 aromatic heterocycles. The molecule has 1 fully saturated rings. The van der Waals surface area contributed by atoms with E-state index in [0.717, 1.165) is 43.0 Å². The van der Waals surface area contributed by atoms with E-state index in [0.29, 0.717) is 11.1 Å². The maximum absolute atomic E-state index is 6.36. The summed E-state index contributed by atoms with van der Waals surface area (Å²) in [5, 5.41) is 3.91. The van der Waals surface area contributed by atoms with Crippen molar-refractivity contribution < 1.29 is 0 Å². The number of nitrogens with one attached hydrogen (secondary N) is 1. The molecular formula is C19H22ClN6+. The summed E-state index contributed by atoms with van der Waals surface area (Å²) in [6.07, 6.45) is 5.24. The van der Waals surface area contributed by atoms with Gasteiger partial charge in [-0.3, -0.25) is 9.05 Å². The lowest BCUT2D eigenvalue weighted by Crippen LogP contribution is -2.59. The molecule has 1 aromatic carbocycles. The van der Waals surface area contributed by atoms with Crippen molar-refractivity contribution in [3.8, 4) is 5.95 Å². The average molecular weight is 370 g/mol. The third-order valence-corrected chi connectivity index (χ3v) is 5.12. The van der Waals surface area contributed by atoms with Gasteiger partial charge >= 0.3 is 0 Å². The highest BCUT2D eigenvalue weighted by atomic mass is 35.5. The van der Waals surface area contributed by atoms with Gasteiger partial charge in [0.2, 0.25) is 11.8 Å². The second-order valence-corrected chi connectivity index (χ2v) is 7.19. The van der Waals surface area contributed by atoms with Crippen LogP contribution in [0.2, 0.25) is 5.15 Å². The molecule has 3 aromatic rings. The Kier molecular flexibility index (Phi) is 4.72. The number of benzene rings is 1. The van der Waals surface area contributed by atoms with Crippen LogP contribution in [0.5, 0.6) is 0 Å². The monoisotopic (exact) mass is 369 g/mol. The summed E-state index contributed by atoms with van der Waals surface area (Å²) >= 11 is 6.36. The zero-order chi connectivity index (χ0) is 18.0. The lowest BCUT2D eigenvalue weighted by atomic mass is 10.1. The lowest BCUT2D eigenvalue weighted by molar-refractivity contribution is 0.226. The van der Waals surface area contributed by atoms with Crippen molar-refractivity contribution in [3.05, 3.63) is 65.3 Å². The van der Waals surface area contributed by atoms with Crippen molar-refractivity contribution in [2.24, 2.45) is 0 Å². The molecule has 3 heterocycles. The van der Waals surface area contributed by atoms with E-state index in [9.17, 15) is 0 Å². The van der Waals surface area contributed by atoms with Crippen molar-refractivity contribution in [2.75, 3.05) is 26.2 Å². The lowest BCUT2D eigenvalue weighted by Gasteiger charge is -2.40. The van der Waals surface area contributed by atoms with Crippen LogP contribution in [0.4, 0.5) is 5.82 Å². The molecule has 134 valence electrons. The summed E-state index contributed by atoms with van der Waals surface area (Å²) in [5.74, 6) is 1.51. The fourth-order valence-corrected chi connectivity index (χ4v) is 3.64. The molecule has 0 unspecified atom stereocenters. The van der Waals surface area contributed by atoms with Crippen LogP contribution in [0.25, 0.3) is 5.95 Å². The number of rotatable bonds is 4. The number of hydrogen-bond donors (Lipinski definition) is 1. The molecule has 0 amide bonds. The summed E-state index contributed by atoms with van der Waals surface area (Å²) in [6, 6.07) is 10.6. The van der Waals surface area contributed by atoms with Crippen molar-refractivity contribution in [2.45, 2.75) is 13.5 Å². The standard InChI is InChI=1S/C19H22ClN6/c1-15-2-4-16(5-3-15)13-26(10-7-21-8-11-26)18-12-17(20)23-19(24-18)25-9-6-22-14-25/h2-6,9,12,14,21H,7-8,10-11,13H2,1H3/q+1. The molecule has 0 atom stereocenters. The third kappa shape index (κ3) is 3.49. The van der Waals surface area contributed by atoms with E-state index in [1.54, 1.807) is 17.1 Å². The predicted molar refractivity (Wildman–Crippen MR) is 103 cm³/mol. The SMILES string of the molecule is Cc1ccc(C[N+]2(c3cc(Cl)nc(-n4ccnc4)n3)CCNCC2)cc1. The average Bonchev–Trinajstić information content (AvgIpc) is 3.19. The van der Waals surface area contributed by atoms with E-state index >= 15 is 0 Å². The van der Waals surface area contributed by atoms with Crippen molar-refractivity contribution >= 4 is 17.4 Å². The van der Waals surface area contributed by atoms with Gasteiger partial charge in [-0.2, -0.15) is 9.97 Å². The van der Waals surface area contributed by atoms with Crippen LogP contribution >= 0.6 is 11.6 Å². The molecule has 0 bridgehead atoms. The van der Waals surface area contributed by atoms with E-state index in [-0.39, 0.29) is 0 Å². The zero-order valence-electron chi connectivity index (χ0n) is 14.8. The van der Waals surface area contributed by atoms with Gasteiger partial charge < -0.3 is 5.32 Å². The Balaban J connectivity index is 1.75. The summed E-state index contributed by atoms with van der Waals surface area (Å²) in [7, 11) is 0. The van der Waals surface area contributed by atoms with Gasteiger partial charge in [0.15, 0.2) is 0 Å². The van der Waals surface area contributed by atoms with Crippen molar-refractivity contribution in [1.82, 2.24) is 29.3 Å². The van der Waals surface area contributed by atoms with Crippen molar-refractivity contribution in [3.63, 3.8) is 0 Å². The first-order chi connectivity index (χ1) is 12.6. The fraction of sp³-hybridized carbons (Fsp3) is 0.316. The Morgan fingerprint density at radius 2 is 1.92 bits per heavy atom. The van der Waals surface area contributed by atoms with Crippen LogP contribution in [-0.2, 0) is 6.54 Å². The van der Waals surface area contributed by atoms with Gasteiger partial charge in [0.05, 0.1) is 19.2 Å². The number of aromatic nitrogens is 4. The summed E-state index contributed by atoms with van der Waals surface area (Å²) < 4.78 is 2.56. The quantitative estimate of drug-likeness (QED) is 0.567. The van der Waals surface area contributed by atoms with E-state index in [1.165, 1.54) is 11.1 Å². The molecule has 4 rings (SSSR count). The molecule has 0 aliphatic carbocycles. The maximum atomic E-state index is 6.36. The third-order valence-electron chi connectivity index (χ3n) is 4.93. The normalized spacial score (nSPS) is 16.5. The topological polar surface area (TPSA) is 55.6 Å². The molecule has 26 heavy (non-hydrogen) atoms. The van der Waals surface area contributed by atoms with Crippen LogP contribution < -0.4 is 9.80 Å². The molecule has 0 radical (unpaired) electrons. The Bertz CT molecular complexity index is 870. The summed E-state index contributed by atoms with van der Waals surface area (Å²) in [5.41, 5.74) is 2.57. The Morgan fingerprint density at radius 3 is 2.62 bits per heavy atom. The molecular weight excluding hydrogens is 348 g/mol. The minimum atomic E-state index is 0.457. The highest BCUT2D eigenvalue weighted by molar-refractivity contribution is 6.29. The number of quaternary nitrogens is 1. The highest BCUT2D eigenvalue weighted by Gasteiger charge is 2.35. The number of imidazole rings is 1. The summed E-state index contributed by atoms with van der Waals surface area (Å²) in [6.45, 7) is 6.83. The van der Waals surface area contributed by atoms with Crippen LogP contribution in [0.15, 0.2) is 49.1 Å². The first-order valence-electron chi connectivity index (χ1n) is 8.80. The van der Waals surface area contributed by atoms with E-state index in [2.05, 4.69) is 46.5 Å².